The lowest BCUT2D eigenvalue weighted by Gasteiger charge is -2.26. The van der Waals surface area contributed by atoms with Crippen molar-refractivity contribution in [2.24, 2.45) is 0 Å². The highest BCUT2D eigenvalue weighted by Gasteiger charge is 2.14. The van der Waals surface area contributed by atoms with Crippen LogP contribution < -0.4 is 0 Å². The Morgan fingerprint density at radius 2 is 2.09 bits per heavy atom. The second-order valence-electron chi connectivity index (χ2n) is 2.74. The molecule has 0 atom stereocenters. The first-order valence-electron chi connectivity index (χ1n) is 4.20. The van der Waals surface area contributed by atoms with Gasteiger partial charge in [0.15, 0.2) is 0 Å². The van der Waals surface area contributed by atoms with E-state index in [9.17, 15) is 4.79 Å². The molecule has 1 heterocycles. The molecular formula is C8H15NOS. The van der Waals surface area contributed by atoms with Gasteiger partial charge in [-0.2, -0.15) is 11.8 Å². The third-order valence-electron chi connectivity index (χ3n) is 1.83. The van der Waals surface area contributed by atoms with Gasteiger partial charge in [-0.3, -0.25) is 4.79 Å². The molecule has 1 rings (SSSR count). The van der Waals surface area contributed by atoms with Crippen LogP contribution in [-0.4, -0.2) is 35.4 Å². The molecule has 0 aromatic heterocycles. The smallest absolute Gasteiger partial charge is 0.222 e. The monoisotopic (exact) mass is 173 g/mol. The highest BCUT2D eigenvalue weighted by Crippen LogP contribution is 2.10. The molecule has 0 unspecified atom stereocenters. The van der Waals surface area contributed by atoms with Crippen LogP contribution in [0.15, 0.2) is 0 Å². The van der Waals surface area contributed by atoms with E-state index < -0.39 is 0 Å². The molecule has 2 nitrogen and oxygen atoms in total. The predicted molar refractivity (Wildman–Crippen MR) is 48.8 cm³/mol. The summed E-state index contributed by atoms with van der Waals surface area (Å²) in [7, 11) is 0. The minimum atomic E-state index is 0.341. The number of rotatable bonds is 2. The second-order valence-corrected chi connectivity index (χ2v) is 3.97. The SMILES string of the molecule is CCCC(=O)N1CCSCC1. The zero-order valence-electron chi connectivity index (χ0n) is 7.01. The van der Waals surface area contributed by atoms with Gasteiger partial charge in [0.2, 0.25) is 5.91 Å². The van der Waals surface area contributed by atoms with E-state index in [1.54, 1.807) is 0 Å². The normalized spacial score (nSPS) is 18.5. The lowest BCUT2D eigenvalue weighted by Crippen LogP contribution is -2.37. The summed E-state index contributed by atoms with van der Waals surface area (Å²) in [5.74, 6) is 2.58. The summed E-state index contributed by atoms with van der Waals surface area (Å²) in [6.07, 6.45) is 1.70. The van der Waals surface area contributed by atoms with Crippen LogP contribution in [0.5, 0.6) is 0 Å². The fourth-order valence-corrected chi connectivity index (χ4v) is 2.09. The van der Waals surface area contributed by atoms with Gasteiger partial charge >= 0.3 is 0 Å². The first-order chi connectivity index (χ1) is 5.34. The zero-order chi connectivity index (χ0) is 8.10. The van der Waals surface area contributed by atoms with Crippen molar-refractivity contribution in [1.82, 2.24) is 4.90 Å². The van der Waals surface area contributed by atoms with E-state index >= 15 is 0 Å². The van der Waals surface area contributed by atoms with E-state index in [2.05, 4.69) is 6.92 Å². The Kier molecular flexibility index (Phi) is 3.77. The third kappa shape index (κ3) is 2.73. The molecule has 0 N–H and O–H groups in total. The van der Waals surface area contributed by atoms with E-state index in [1.807, 2.05) is 16.7 Å². The van der Waals surface area contributed by atoms with Crippen molar-refractivity contribution in [2.45, 2.75) is 19.8 Å². The fourth-order valence-electron chi connectivity index (χ4n) is 1.18. The number of carbonyl (C=O) groups is 1. The molecule has 0 saturated carbocycles. The maximum absolute atomic E-state index is 11.3. The molecule has 0 spiro atoms. The average Bonchev–Trinajstić information content (AvgIpc) is 2.07. The van der Waals surface area contributed by atoms with Crippen LogP contribution in [0.4, 0.5) is 0 Å². The van der Waals surface area contributed by atoms with Gasteiger partial charge in [0, 0.05) is 31.0 Å². The molecule has 0 aromatic rings. The lowest BCUT2D eigenvalue weighted by atomic mass is 10.3. The molecule has 3 heteroatoms. The standard InChI is InChI=1S/C8H15NOS/c1-2-3-8(10)9-4-6-11-7-5-9/h2-7H2,1H3. The molecule has 0 radical (unpaired) electrons. The molecule has 1 aliphatic heterocycles. The Balaban J connectivity index is 2.27. The quantitative estimate of drug-likeness (QED) is 0.628. The molecule has 0 aliphatic carbocycles. The summed E-state index contributed by atoms with van der Waals surface area (Å²) in [5.41, 5.74) is 0. The summed E-state index contributed by atoms with van der Waals surface area (Å²) < 4.78 is 0. The van der Waals surface area contributed by atoms with Crippen LogP contribution in [0.1, 0.15) is 19.8 Å². The summed E-state index contributed by atoms with van der Waals surface area (Å²) >= 11 is 1.94. The highest BCUT2D eigenvalue weighted by molar-refractivity contribution is 7.99. The molecule has 11 heavy (non-hydrogen) atoms. The van der Waals surface area contributed by atoms with Gasteiger partial charge in [-0.25, -0.2) is 0 Å². The molecular weight excluding hydrogens is 158 g/mol. The number of amides is 1. The van der Waals surface area contributed by atoms with Gasteiger partial charge in [0.1, 0.15) is 0 Å². The Morgan fingerprint density at radius 3 is 2.64 bits per heavy atom. The van der Waals surface area contributed by atoms with E-state index in [1.165, 1.54) is 0 Å². The lowest BCUT2D eigenvalue weighted by molar-refractivity contribution is -0.130. The highest BCUT2D eigenvalue weighted by atomic mass is 32.2. The molecule has 64 valence electrons. The first kappa shape index (κ1) is 8.91. The van der Waals surface area contributed by atoms with E-state index in [0.717, 1.165) is 37.4 Å². The van der Waals surface area contributed by atoms with E-state index in [0.29, 0.717) is 5.91 Å². The first-order valence-corrected chi connectivity index (χ1v) is 5.35. The number of nitrogens with zero attached hydrogens (tertiary/aromatic N) is 1. The minimum absolute atomic E-state index is 0.341. The van der Waals surface area contributed by atoms with Crippen molar-refractivity contribution in [2.75, 3.05) is 24.6 Å². The molecule has 0 aromatic carbocycles. The van der Waals surface area contributed by atoms with Crippen LogP contribution in [0.3, 0.4) is 0 Å². The summed E-state index contributed by atoms with van der Waals surface area (Å²) in [6, 6.07) is 0. The Hall–Kier alpha value is -0.180. The van der Waals surface area contributed by atoms with Crippen LogP contribution in [0, 0.1) is 0 Å². The number of thioether (sulfide) groups is 1. The van der Waals surface area contributed by atoms with Gasteiger partial charge in [0.25, 0.3) is 0 Å². The van der Waals surface area contributed by atoms with Gasteiger partial charge in [-0.15, -0.1) is 0 Å². The second kappa shape index (κ2) is 4.65. The summed E-state index contributed by atoms with van der Waals surface area (Å²) in [5, 5.41) is 0. The minimum Gasteiger partial charge on any atom is -0.341 e. The van der Waals surface area contributed by atoms with Crippen molar-refractivity contribution in [3.8, 4) is 0 Å². The average molecular weight is 173 g/mol. The van der Waals surface area contributed by atoms with Crippen molar-refractivity contribution in [1.29, 1.82) is 0 Å². The Labute approximate surface area is 72.3 Å². The van der Waals surface area contributed by atoms with Crippen LogP contribution >= 0.6 is 11.8 Å². The Bertz CT molecular complexity index is 132. The van der Waals surface area contributed by atoms with Crippen molar-refractivity contribution >= 4 is 17.7 Å². The molecule has 1 amide bonds. The molecule has 1 saturated heterocycles. The van der Waals surface area contributed by atoms with Gasteiger partial charge in [0.05, 0.1) is 0 Å². The van der Waals surface area contributed by atoms with Gasteiger partial charge in [-0.05, 0) is 6.42 Å². The van der Waals surface area contributed by atoms with Crippen molar-refractivity contribution in [3.63, 3.8) is 0 Å². The van der Waals surface area contributed by atoms with Crippen molar-refractivity contribution in [3.05, 3.63) is 0 Å². The van der Waals surface area contributed by atoms with Crippen LogP contribution in [0.2, 0.25) is 0 Å². The maximum Gasteiger partial charge on any atom is 0.222 e. The van der Waals surface area contributed by atoms with Gasteiger partial charge in [-0.1, -0.05) is 6.92 Å². The van der Waals surface area contributed by atoms with Gasteiger partial charge < -0.3 is 4.90 Å². The number of carbonyl (C=O) groups excluding carboxylic acids is 1. The van der Waals surface area contributed by atoms with Crippen LogP contribution in [-0.2, 0) is 4.79 Å². The number of hydrogen-bond donors (Lipinski definition) is 0. The summed E-state index contributed by atoms with van der Waals surface area (Å²) in [4.78, 5) is 13.3. The maximum atomic E-state index is 11.3. The largest absolute Gasteiger partial charge is 0.341 e. The molecule has 0 bridgehead atoms. The number of hydrogen-bond acceptors (Lipinski definition) is 2. The van der Waals surface area contributed by atoms with Crippen LogP contribution in [0.25, 0.3) is 0 Å². The molecule has 1 fully saturated rings. The third-order valence-corrected chi connectivity index (χ3v) is 2.77. The molecule has 1 aliphatic rings. The van der Waals surface area contributed by atoms with Crippen molar-refractivity contribution < 1.29 is 4.79 Å². The topological polar surface area (TPSA) is 20.3 Å². The van der Waals surface area contributed by atoms with E-state index in [-0.39, 0.29) is 0 Å². The summed E-state index contributed by atoms with van der Waals surface area (Å²) in [6.45, 7) is 3.98. The zero-order valence-corrected chi connectivity index (χ0v) is 7.82. The fraction of sp³-hybridized carbons (Fsp3) is 0.875. The van der Waals surface area contributed by atoms with E-state index in [4.69, 9.17) is 0 Å². The predicted octanol–water partition coefficient (Wildman–Crippen LogP) is 1.36. The Morgan fingerprint density at radius 1 is 1.45 bits per heavy atom.